The molecule has 1 aliphatic carbocycles. The Labute approximate surface area is 299 Å². The van der Waals surface area contributed by atoms with Crippen LogP contribution in [0, 0.1) is 5.92 Å². The van der Waals surface area contributed by atoms with Crippen LogP contribution in [0.25, 0.3) is 0 Å². The van der Waals surface area contributed by atoms with Gasteiger partial charge in [-0.1, -0.05) is 179 Å². The molecule has 5 aromatic rings. The van der Waals surface area contributed by atoms with Gasteiger partial charge in [-0.25, -0.2) is 0 Å². The summed E-state index contributed by atoms with van der Waals surface area (Å²) in [5, 5.41) is 2.14. The quantitative estimate of drug-likeness (QED) is 0.0869. The van der Waals surface area contributed by atoms with Crippen LogP contribution in [0.5, 0.6) is 0 Å². The summed E-state index contributed by atoms with van der Waals surface area (Å²) < 4.78 is 20.4. The van der Waals surface area contributed by atoms with Gasteiger partial charge in [0.15, 0.2) is 5.78 Å². The van der Waals surface area contributed by atoms with E-state index in [4.69, 9.17) is 13.9 Å². The van der Waals surface area contributed by atoms with Crippen molar-refractivity contribution in [3.05, 3.63) is 168 Å². The van der Waals surface area contributed by atoms with E-state index in [9.17, 15) is 4.79 Å². The minimum Gasteiger partial charge on any atom is -0.400 e. The van der Waals surface area contributed by atoms with Gasteiger partial charge in [0, 0.05) is 0 Å². The number of carbonyl (C=O) groups is 1. The molecule has 5 heteroatoms. The fourth-order valence-electron chi connectivity index (χ4n) is 7.76. The molecule has 5 aromatic carbocycles. The predicted octanol–water partition coefficient (Wildman–Crippen LogP) is 8.72. The summed E-state index contributed by atoms with van der Waals surface area (Å²) in [6.45, 7) is 7.35. The van der Waals surface area contributed by atoms with Gasteiger partial charge >= 0.3 is 0 Å². The molecule has 1 aliphatic rings. The fourth-order valence-corrected chi connectivity index (χ4v) is 12.3. The lowest BCUT2D eigenvalue weighted by Crippen LogP contribution is -2.67. The molecule has 0 aliphatic heterocycles. The third-order valence-electron chi connectivity index (χ3n) is 10.2. The lowest BCUT2D eigenvalue weighted by molar-refractivity contribution is -0.129. The summed E-state index contributed by atoms with van der Waals surface area (Å²) in [5.74, 6) is 0.292. The first-order valence-electron chi connectivity index (χ1n) is 18.0. The van der Waals surface area contributed by atoms with Crippen LogP contribution in [0.4, 0.5) is 0 Å². The van der Waals surface area contributed by atoms with Crippen molar-refractivity contribution in [3.8, 4) is 0 Å². The number of ether oxygens (including phenoxy) is 2. The molecule has 258 valence electrons. The highest BCUT2D eigenvalue weighted by Gasteiger charge is 2.50. The Bertz CT molecular complexity index is 1620. The normalized spacial score (nSPS) is 16.9. The second-order valence-electron chi connectivity index (χ2n) is 14.5. The van der Waals surface area contributed by atoms with Crippen LogP contribution in [-0.4, -0.2) is 40.0 Å². The van der Waals surface area contributed by atoms with E-state index in [0.717, 1.165) is 42.4 Å². The van der Waals surface area contributed by atoms with Crippen molar-refractivity contribution in [1.82, 2.24) is 0 Å². The molecule has 0 aromatic heterocycles. The molecular weight excluding hydrogens is 633 g/mol. The summed E-state index contributed by atoms with van der Waals surface area (Å²) in [6, 6.07) is 52.5. The summed E-state index contributed by atoms with van der Waals surface area (Å²) in [4.78, 5) is 13.5. The molecule has 0 saturated heterocycles. The number of benzene rings is 5. The van der Waals surface area contributed by atoms with Gasteiger partial charge in [0.25, 0.3) is 8.32 Å². The Kier molecular flexibility index (Phi) is 11.6. The van der Waals surface area contributed by atoms with Crippen LogP contribution in [0.1, 0.15) is 63.1 Å². The lowest BCUT2D eigenvalue weighted by Gasteiger charge is -2.42. The smallest absolute Gasteiger partial charge is 0.261 e. The average molecular weight is 683 g/mol. The van der Waals surface area contributed by atoms with E-state index in [2.05, 4.69) is 142 Å². The SMILES string of the molecule is CC(C)(C)[Si](OCC(=O)CO[C@@H]1CCC[C@H](COC(c2ccccc2)(c2ccccc2)c2ccccc2)C1)(c1ccccc1)c1ccccc1. The molecule has 0 amide bonds. The van der Waals surface area contributed by atoms with E-state index >= 15 is 0 Å². The molecule has 2 atom stereocenters. The van der Waals surface area contributed by atoms with E-state index < -0.39 is 13.9 Å². The van der Waals surface area contributed by atoms with Crippen LogP contribution >= 0.6 is 0 Å². The van der Waals surface area contributed by atoms with Gasteiger partial charge in [0.2, 0.25) is 0 Å². The number of Topliss-reactive ketones (excluding diaryl/α,β-unsaturated/α-hetero) is 1. The molecule has 0 radical (unpaired) electrons. The van der Waals surface area contributed by atoms with Crippen LogP contribution in [-0.2, 0) is 24.3 Å². The van der Waals surface area contributed by atoms with Crippen LogP contribution < -0.4 is 10.4 Å². The third-order valence-corrected chi connectivity index (χ3v) is 15.1. The Hall–Kier alpha value is -4.13. The molecule has 0 heterocycles. The van der Waals surface area contributed by atoms with E-state index in [0.29, 0.717) is 12.5 Å². The van der Waals surface area contributed by atoms with Crippen molar-refractivity contribution in [2.24, 2.45) is 5.92 Å². The highest BCUT2D eigenvalue weighted by atomic mass is 28.4. The first-order chi connectivity index (χ1) is 24.3. The molecular formula is C45H50O4Si. The number of carbonyl (C=O) groups excluding carboxylic acids is 1. The van der Waals surface area contributed by atoms with Crippen molar-refractivity contribution in [2.75, 3.05) is 19.8 Å². The molecule has 50 heavy (non-hydrogen) atoms. The molecule has 0 bridgehead atoms. The maximum absolute atomic E-state index is 13.5. The lowest BCUT2D eigenvalue weighted by atomic mass is 9.79. The predicted molar refractivity (Wildman–Crippen MR) is 205 cm³/mol. The van der Waals surface area contributed by atoms with Crippen molar-refractivity contribution in [2.45, 2.75) is 63.2 Å². The minimum absolute atomic E-state index is 0.00809. The third kappa shape index (κ3) is 7.77. The van der Waals surface area contributed by atoms with Gasteiger partial charge in [-0.05, 0) is 57.3 Å². The summed E-state index contributed by atoms with van der Waals surface area (Å²) in [7, 11) is -2.80. The van der Waals surface area contributed by atoms with Gasteiger partial charge in [-0.15, -0.1) is 0 Å². The highest BCUT2D eigenvalue weighted by molar-refractivity contribution is 6.99. The summed E-state index contributed by atoms with van der Waals surface area (Å²) in [6.07, 6.45) is 3.92. The average Bonchev–Trinajstić information content (AvgIpc) is 3.16. The van der Waals surface area contributed by atoms with E-state index in [-0.39, 0.29) is 30.1 Å². The molecule has 0 N–H and O–H groups in total. The standard InChI is InChI=1S/C45H50O4Si/c1-44(2,3)50(42-28-15-7-16-29-42,43-30-17-8-18-31-43)49-35-40(46)34-47-41-27-19-20-36(32-41)33-48-45(37-21-9-4-10-22-37,38-23-11-5-12-24-38)39-25-13-6-14-26-39/h4-18,21-26,28-31,36,41H,19-20,27,32-35H2,1-3H3/t36-,41+/m0/s1. The van der Waals surface area contributed by atoms with Crippen LogP contribution in [0.2, 0.25) is 5.04 Å². The first kappa shape index (κ1) is 35.7. The van der Waals surface area contributed by atoms with Crippen molar-refractivity contribution >= 4 is 24.5 Å². The molecule has 1 saturated carbocycles. The van der Waals surface area contributed by atoms with Gasteiger partial charge in [-0.3, -0.25) is 4.79 Å². The Morgan fingerprint density at radius 2 is 1.06 bits per heavy atom. The van der Waals surface area contributed by atoms with Gasteiger partial charge in [0.05, 0.1) is 19.3 Å². The minimum atomic E-state index is -2.80. The maximum Gasteiger partial charge on any atom is 0.261 e. The Morgan fingerprint density at radius 1 is 0.620 bits per heavy atom. The number of ketones is 1. The Balaban J connectivity index is 1.14. The van der Waals surface area contributed by atoms with Crippen LogP contribution in [0.15, 0.2) is 152 Å². The molecule has 4 nitrogen and oxygen atoms in total. The number of rotatable bonds is 14. The van der Waals surface area contributed by atoms with Crippen molar-refractivity contribution in [3.63, 3.8) is 0 Å². The second-order valence-corrected chi connectivity index (χ2v) is 18.9. The van der Waals surface area contributed by atoms with Gasteiger partial charge < -0.3 is 13.9 Å². The molecule has 0 unspecified atom stereocenters. The number of hydrogen-bond donors (Lipinski definition) is 0. The zero-order valence-corrected chi connectivity index (χ0v) is 30.7. The van der Waals surface area contributed by atoms with E-state index in [1.807, 2.05) is 30.3 Å². The maximum atomic E-state index is 13.5. The first-order valence-corrected chi connectivity index (χ1v) is 19.9. The summed E-state index contributed by atoms with van der Waals surface area (Å²) >= 11 is 0. The second kappa shape index (κ2) is 16.3. The van der Waals surface area contributed by atoms with E-state index in [1.165, 1.54) is 10.4 Å². The summed E-state index contributed by atoms with van der Waals surface area (Å²) in [5.41, 5.74) is 2.57. The molecule has 0 spiro atoms. The van der Waals surface area contributed by atoms with Crippen molar-refractivity contribution in [1.29, 1.82) is 0 Å². The van der Waals surface area contributed by atoms with Gasteiger partial charge in [0.1, 0.15) is 12.2 Å². The topological polar surface area (TPSA) is 44.8 Å². The van der Waals surface area contributed by atoms with Crippen LogP contribution in [0.3, 0.4) is 0 Å². The zero-order chi connectivity index (χ0) is 34.9. The highest BCUT2D eigenvalue weighted by Crippen LogP contribution is 2.42. The zero-order valence-electron chi connectivity index (χ0n) is 29.7. The largest absolute Gasteiger partial charge is 0.400 e. The fraction of sp³-hybridized carbons (Fsp3) is 0.311. The molecule has 1 fully saturated rings. The Morgan fingerprint density at radius 3 is 1.50 bits per heavy atom. The van der Waals surface area contributed by atoms with Gasteiger partial charge in [-0.2, -0.15) is 0 Å². The number of hydrogen-bond acceptors (Lipinski definition) is 4. The molecule has 6 rings (SSSR count). The van der Waals surface area contributed by atoms with E-state index in [1.54, 1.807) is 0 Å². The van der Waals surface area contributed by atoms with Crippen molar-refractivity contribution < 1.29 is 18.7 Å². The monoisotopic (exact) mass is 682 g/mol.